The average Bonchev–Trinajstić information content (AvgIpc) is 2.78. The smallest absolute Gasteiger partial charge is 0.243 e. The van der Waals surface area contributed by atoms with Gasteiger partial charge >= 0.3 is 0 Å². The average molecular weight is 287 g/mol. The summed E-state index contributed by atoms with van der Waals surface area (Å²) in [6.45, 7) is 4.21. The van der Waals surface area contributed by atoms with Crippen LogP contribution >= 0.6 is 0 Å². The zero-order valence-electron chi connectivity index (χ0n) is 12.1. The molecule has 1 amide bonds. The first-order valence-corrected chi connectivity index (χ1v) is 6.70. The molecule has 0 aliphatic carbocycles. The fraction of sp³-hybridized carbons (Fsp3) is 0.385. The summed E-state index contributed by atoms with van der Waals surface area (Å²) in [7, 11) is 1.89. The lowest BCUT2D eigenvalue weighted by atomic mass is 10.1. The van der Waals surface area contributed by atoms with Crippen LogP contribution < -0.4 is 16.0 Å². The molecule has 0 bridgehead atoms. The monoisotopic (exact) mass is 287 g/mol. The van der Waals surface area contributed by atoms with Gasteiger partial charge in [-0.25, -0.2) is 9.97 Å². The van der Waals surface area contributed by atoms with Crippen LogP contribution in [0.25, 0.3) is 0 Å². The van der Waals surface area contributed by atoms with Crippen molar-refractivity contribution in [1.29, 1.82) is 0 Å². The van der Waals surface area contributed by atoms with Crippen molar-refractivity contribution in [2.24, 2.45) is 7.05 Å². The minimum absolute atomic E-state index is 0.0107. The van der Waals surface area contributed by atoms with E-state index in [4.69, 9.17) is 0 Å². The Morgan fingerprint density at radius 1 is 1.43 bits per heavy atom. The summed E-state index contributed by atoms with van der Waals surface area (Å²) < 4.78 is 1.78. The van der Waals surface area contributed by atoms with E-state index in [2.05, 4.69) is 31.0 Å². The number of rotatable bonds is 3. The van der Waals surface area contributed by atoms with Crippen molar-refractivity contribution in [3.05, 3.63) is 23.8 Å². The summed E-state index contributed by atoms with van der Waals surface area (Å²) in [6, 6.07) is 0.0107. The van der Waals surface area contributed by atoms with Crippen LogP contribution in [0.4, 0.5) is 17.3 Å². The van der Waals surface area contributed by atoms with Gasteiger partial charge < -0.3 is 16.0 Å². The Hall–Kier alpha value is -2.64. The lowest BCUT2D eigenvalue weighted by Gasteiger charge is -2.22. The van der Waals surface area contributed by atoms with Gasteiger partial charge in [-0.2, -0.15) is 5.10 Å². The van der Waals surface area contributed by atoms with Crippen molar-refractivity contribution >= 4 is 23.2 Å². The Morgan fingerprint density at radius 3 is 2.95 bits per heavy atom. The van der Waals surface area contributed by atoms with Crippen LogP contribution in [0, 0.1) is 6.92 Å². The first-order chi connectivity index (χ1) is 10.0. The molecule has 1 aliphatic rings. The minimum Gasteiger partial charge on any atom is -0.362 e. The summed E-state index contributed by atoms with van der Waals surface area (Å²) in [4.78, 5) is 19.9. The summed E-state index contributed by atoms with van der Waals surface area (Å²) in [5.41, 5.74) is 2.63. The number of carbonyl (C=O) groups excluding carboxylic acids is 1. The third-order valence-electron chi connectivity index (χ3n) is 3.40. The van der Waals surface area contributed by atoms with Crippen LogP contribution in [0.15, 0.2) is 12.5 Å². The van der Waals surface area contributed by atoms with Crippen molar-refractivity contribution in [1.82, 2.24) is 19.7 Å². The topological polar surface area (TPSA) is 96.8 Å². The molecule has 0 fully saturated rings. The van der Waals surface area contributed by atoms with E-state index in [1.807, 2.05) is 27.1 Å². The van der Waals surface area contributed by atoms with Crippen molar-refractivity contribution in [2.75, 3.05) is 22.5 Å². The van der Waals surface area contributed by atoms with Gasteiger partial charge in [0.25, 0.3) is 0 Å². The molecule has 3 N–H and O–H groups in total. The first-order valence-electron chi connectivity index (χ1n) is 6.70. The first kappa shape index (κ1) is 13.3. The molecule has 0 saturated heterocycles. The number of anilines is 3. The molecule has 0 unspecified atom stereocenters. The van der Waals surface area contributed by atoms with Gasteiger partial charge in [0, 0.05) is 18.8 Å². The zero-order valence-corrected chi connectivity index (χ0v) is 12.1. The Balaban J connectivity index is 1.88. The van der Waals surface area contributed by atoms with Crippen LogP contribution in [0.3, 0.4) is 0 Å². The van der Waals surface area contributed by atoms with Crippen molar-refractivity contribution < 1.29 is 4.79 Å². The number of nitrogens with zero attached hydrogens (tertiary/aromatic N) is 4. The Morgan fingerprint density at radius 2 is 2.24 bits per heavy atom. The molecule has 2 aromatic rings. The van der Waals surface area contributed by atoms with Gasteiger partial charge in [0.2, 0.25) is 5.91 Å². The Kier molecular flexibility index (Phi) is 3.20. The number of carbonyl (C=O) groups is 1. The highest BCUT2D eigenvalue weighted by Gasteiger charge is 2.21. The van der Waals surface area contributed by atoms with E-state index in [-0.39, 0.29) is 18.5 Å². The molecule has 0 radical (unpaired) electrons. The van der Waals surface area contributed by atoms with Gasteiger partial charge in [-0.05, 0) is 13.8 Å². The van der Waals surface area contributed by atoms with E-state index in [1.165, 1.54) is 6.33 Å². The summed E-state index contributed by atoms with van der Waals surface area (Å²) >= 11 is 0. The van der Waals surface area contributed by atoms with E-state index < -0.39 is 0 Å². The molecule has 1 atom stereocenters. The Labute approximate surface area is 122 Å². The molecule has 0 aromatic carbocycles. The van der Waals surface area contributed by atoms with Gasteiger partial charge in [0.15, 0.2) is 11.6 Å². The Bertz CT molecular complexity index is 694. The van der Waals surface area contributed by atoms with E-state index in [9.17, 15) is 4.79 Å². The van der Waals surface area contributed by atoms with Gasteiger partial charge in [-0.1, -0.05) is 0 Å². The predicted octanol–water partition coefficient (Wildman–Crippen LogP) is 1.06. The number of hydrogen-bond donors (Lipinski definition) is 3. The number of amides is 1. The summed E-state index contributed by atoms with van der Waals surface area (Å²) in [6.07, 6.45) is 3.44. The third-order valence-corrected chi connectivity index (χ3v) is 3.40. The van der Waals surface area contributed by atoms with Crippen LogP contribution in [-0.4, -0.2) is 32.2 Å². The van der Waals surface area contributed by atoms with Crippen molar-refractivity contribution in [3.8, 4) is 0 Å². The van der Waals surface area contributed by atoms with Gasteiger partial charge in [-0.15, -0.1) is 0 Å². The molecular formula is C13H17N7O. The lowest BCUT2D eigenvalue weighted by Crippen LogP contribution is -2.29. The molecule has 2 aromatic heterocycles. The molecule has 3 rings (SSSR count). The normalized spacial score (nSPS) is 14.9. The molecule has 0 spiro atoms. The van der Waals surface area contributed by atoms with Gasteiger partial charge in [-0.3, -0.25) is 9.48 Å². The van der Waals surface area contributed by atoms with E-state index in [0.717, 1.165) is 11.3 Å². The molecule has 3 heterocycles. The van der Waals surface area contributed by atoms with Gasteiger partial charge in [0.05, 0.1) is 18.3 Å². The summed E-state index contributed by atoms with van der Waals surface area (Å²) in [5.74, 6) is 1.11. The van der Waals surface area contributed by atoms with E-state index in [1.54, 1.807) is 4.68 Å². The van der Waals surface area contributed by atoms with E-state index in [0.29, 0.717) is 17.3 Å². The van der Waals surface area contributed by atoms with Crippen LogP contribution in [0.1, 0.15) is 24.2 Å². The highest BCUT2D eigenvalue weighted by Crippen LogP contribution is 2.31. The zero-order chi connectivity index (χ0) is 15.0. The maximum Gasteiger partial charge on any atom is 0.243 e. The molecule has 8 heteroatoms. The second kappa shape index (κ2) is 5.04. The predicted molar refractivity (Wildman–Crippen MR) is 79.1 cm³/mol. The highest BCUT2D eigenvalue weighted by atomic mass is 16.2. The lowest BCUT2D eigenvalue weighted by molar-refractivity contribution is -0.114. The number of aromatic nitrogens is 4. The fourth-order valence-corrected chi connectivity index (χ4v) is 2.42. The largest absolute Gasteiger partial charge is 0.362 e. The van der Waals surface area contributed by atoms with Crippen LogP contribution in [0.2, 0.25) is 0 Å². The maximum atomic E-state index is 11.5. The number of nitrogens with one attached hydrogen (secondary N) is 3. The molecule has 8 nitrogen and oxygen atoms in total. The molecular weight excluding hydrogens is 270 g/mol. The quantitative estimate of drug-likeness (QED) is 0.781. The number of hydrogen-bond acceptors (Lipinski definition) is 6. The second-order valence-electron chi connectivity index (χ2n) is 5.06. The third kappa shape index (κ3) is 2.51. The molecule has 1 aliphatic heterocycles. The maximum absolute atomic E-state index is 11.5. The molecule has 21 heavy (non-hydrogen) atoms. The minimum atomic E-state index is -0.106. The number of fused-ring (bicyclic) bond motifs is 1. The van der Waals surface area contributed by atoms with Crippen LogP contribution in [0.5, 0.6) is 0 Å². The van der Waals surface area contributed by atoms with E-state index >= 15 is 0 Å². The SMILES string of the molecule is Cc1nn(C)cc1[C@H](C)Nc1ncnc2c1NC(=O)CN2. The number of aryl methyl sites for hydroxylation is 2. The van der Waals surface area contributed by atoms with Gasteiger partial charge in [0.1, 0.15) is 12.0 Å². The van der Waals surface area contributed by atoms with Crippen molar-refractivity contribution in [3.63, 3.8) is 0 Å². The fourth-order valence-electron chi connectivity index (χ4n) is 2.42. The highest BCUT2D eigenvalue weighted by molar-refractivity contribution is 6.02. The standard InChI is InChI=1S/C13H17N7O/c1-7(9-5-20(3)19-8(9)2)17-13-11-12(15-6-16-13)14-4-10(21)18-11/h5-7H,4H2,1-3H3,(H,18,21)(H2,14,15,16,17)/t7-/m0/s1. The van der Waals surface area contributed by atoms with Crippen LogP contribution in [-0.2, 0) is 11.8 Å². The molecule has 110 valence electrons. The molecule has 0 saturated carbocycles. The van der Waals surface area contributed by atoms with Crippen molar-refractivity contribution in [2.45, 2.75) is 19.9 Å². The summed E-state index contributed by atoms with van der Waals surface area (Å²) in [5, 5.41) is 13.4. The second-order valence-corrected chi connectivity index (χ2v) is 5.06.